The van der Waals surface area contributed by atoms with Crippen LogP contribution in [0.4, 0.5) is 26.3 Å². The van der Waals surface area contributed by atoms with Crippen molar-refractivity contribution in [3.05, 3.63) is 12.2 Å². The van der Waals surface area contributed by atoms with Crippen LogP contribution >= 0.6 is 0 Å². The summed E-state index contributed by atoms with van der Waals surface area (Å²) in [7, 11) is 0. The van der Waals surface area contributed by atoms with Gasteiger partial charge in [0.15, 0.2) is 19.1 Å². The Morgan fingerprint density at radius 3 is 1.60 bits per heavy atom. The Morgan fingerprint density at radius 2 is 1.28 bits per heavy atom. The minimum atomic E-state index is -4.90. The van der Waals surface area contributed by atoms with Gasteiger partial charge >= 0.3 is 30.3 Å². The second-order valence-electron chi connectivity index (χ2n) is 4.70. The molecule has 0 rings (SSSR count). The Morgan fingerprint density at radius 1 is 0.880 bits per heavy atom. The van der Waals surface area contributed by atoms with E-state index in [2.05, 4.69) is 20.8 Å². The number of alkyl halides is 6. The lowest BCUT2D eigenvalue weighted by Gasteiger charge is -2.16. The summed E-state index contributed by atoms with van der Waals surface area (Å²) in [6.45, 7) is -0.236. The summed E-state index contributed by atoms with van der Waals surface area (Å²) in [5.74, 6) is -6.56. The molecule has 12 heteroatoms. The molecule has 0 aromatic rings. The molecule has 0 unspecified atom stereocenters. The van der Waals surface area contributed by atoms with Crippen LogP contribution < -0.4 is 0 Å². The molecule has 144 valence electrons. The minimum absolute atomic E-state index is 0.0455. The number of ether oxygens (including phenoxy) is 3. The van der Waals surface area contributed by atoms with Crippen LogP contribution in [0.1, 0.15) is 13.3 Å². The number of esters is 3. The van der Waals surface area contributed by atoms with Gasteiger partial charge < -0.3 is 14.2 Å². The normalized spacial score (nSPS) is 11.8. The fourth-order valence-electron chi connectivity index (χ4n) is 1.23. The van der Waals surface area contributed by atoms with Crippen molar-refractivity contribution in [2.24, 2.45) is 5.92 Å². The highest BCUT2D eigenvalue weighted by Crippen LogP contribution is 2.19. The van der Waals surface area contributed by atoms with E-state index in [1.54, 1.807) is 0 Å². The molecule has 6 nitrogen and oxygen atoms in total. The third kappa shape index (κ3) is 11.0. The predicted octanol–water partition coefficient (Wildman–Crippen LogP) is 2.32. The molecular weight excluding hydrogens is 366 g/mol. The summed E-state index contributed by atoms with van der Waals surface area (Å²) in [5, 5.41) is 0. The van der Waals surface area contributed by atoms with Gasteiger partial charge in [-0.1, -0.05) is 6.58 Å². The van der Waals surface area contributed by atoms with Gasteiger partial charge in [-0.25, -0.2) is 4.79 Å². The number of halogens is 6. The van der Waals surface area contributed by atoms with Crippen molar-refractivity contribution >= 4 is 17.9 Å². The molecule has 0 fully saturated rings. The number of carbonyl (C=O) groups excluding carboxylic acids is 3. The molecule has 0 bridgehead atoms. The predicted molar refractivity (Wildman–Crippen MR) is 67.9 cm³/mol. The molecule has 0 aromatic heterocycles. The van der Waals surface area contributed by atoms with Gasteiger partial charge in [0.25, 0.3) is 0 Å². The van der Waals surface area contributed by atoms with E-state index in [0.29, 0.717) is 0 Å². The highest BCUT2D eigenvalue weighted by molar-refractivity contribution is 5.95. The third-order valence-electron chi connectivity index (χ3n) is 2.31. The van der Waals surface area contributed by atoms with Crippen LogP contribution in [-0.4, -0.2) is 50.1 Å². The number of hydrogen-bond donors (Lipinski definition) is 0. The van der Waals surface area contributed by atoms with Gasteiger partial charge in [0.2, 0.25) is 0 Å². The quantitative estimate of drug-likeness (QED) is 0.211. The van der Waals surface area contributed by atoms with Gasteiger partial charge in [0.1, 0.15) is 0 Å². The fourth-order valence-corrected chi connectivity index (χ4v) is 1.23. The smallest absolute Gasteiger partial charge is 0.422 e. The Kier molecular flexibility index (Phi) is 8.43. The van der Waals surface area contributed by atoms with E-state index in [4.69, 9.17) is 0 Å². The van der Waals surface area contributed by atoms with Crippen LogP contribution in [0.25, 0.3) is 0 Å². The zero-order chi connectivity index (χ0) is 19.8. The molecule has 0 amide bonds. The van der Waals surface area contributed by atoms with Crippen molar-refractivity contribution in [3.8, 4) is 0 Å². The third-order valence-corrected chi connectivity index (χ3v) is 2.31. The van der Waals surface area contributed by atoms with Crippen molar-refractivity contribution in [1.82, 2.24) is 0 Å². The van der Waals surface area contributed by atoms with E-state index < -0.39 is 62.4 Å². The zero-order valence-electron chi connectivity index (χ0n) is 12.8. The largest absolute Gasteiger partial charge is 0.462 e. The Balaban J connectivity index is 4.85. The fraction of sp³-hybridized carbons (Fsp3) is 0.615. The van der Waals surface area contributed by atoms with Crippen LogP contribution in [0.5, 0.6) is 0 Å². The molecule has 0 aromatic carbocycles. The molecule has 0 radical (unpaired) electrons. The highest BCUT2D eigenvalue weighted by atomic mass is 19.4. The number of hydrogen-bond acceptors (Lipinski definition) is 6. The van der Waals surface area contributed by atoms with Crippen LogP contribution in [0, 0.1) is 5.92 Å². The van der Waals surface area contributed by atoms with Gasteiger partial charge in [-0.2, -0.15) is 26.3 Å². The lowest BCUT2D eigenvalue weighted by Crippen LogP contribution is -2.34. The maximum absolute atomic E-state index is 12.0. The van der Waals surface area contributed by atoms with Gasteiger partial charge in [0.05, 0.1) is 6.61 Å². The summed E-state index contributed by atoms with van der Waals surface area (Å²) < 4.78 is 84.2. The number of carbonyl (C=O) groups is 3. The standard InChI is InChI=1S/C13H14F6O6/c1-7(2)9(20)23-4-3-8(10(21)24-5-12(14,15)16)11(22)25-6-13(17,18)19/h8H,1,3-6H2,2H3. The summed E-state index contributed by atoms with van der Waals surface area (Å²) in [5.41, 5.74) is -0.0455. The molecule has 0 atom stereocenters. The first-order chi connectivity index (χ1) is 11.2. The van der Waals surface area contributed by atoms with Gasteiger partial charge in [-0.3, -0.25) is 9.59 Å². The molecule has 0 saturated carbocycles. The molecule has 0 aliphatic heterocycles. The van der Waals surface area contributed by atoms with E-state index in [1.807, 2.05) is 0 Å². The van der Waals surface area contributed by atoms with Crippen molar-refractivity contribution in [2.45, 2.75) is 25.7 Å². The van der Waals surface area contributed by atoms with Crippen LogP contribution in [0.2, 0.25) is 0 Å². The molecule has 25 heavy (non-hydrogen) atoms. The minimum Gasteiger partial charge on any atom is -0.462 e. The molecule has 0 spiro atoms. The van der Waals surface area contributed by atoms with Gasteiger partial charge in [-0.05, 0) is 6.92 Å². The second-order valence-corrected chi connectivity index (χ2v) is 4.70. The highest BCUT2D eigenvalue weighted by Gasteiger charge is 2.37. The first kappa shape index (κ1) is 22.7. The average molecular weight is 380 g/mol. The first-order valence-electron chi connectivity index (χ1n) is 6.52. The van der Waals surface area contributed by atoms with E-state index in [1.165, 1.54) is 6.92 Å². The Labute approximate surface area is 137 Å². The van der Waals surface area contributed by atoms with E-state index >= 15 is 0 Å². The van der Waals surface area contributed by atoms with E-state index in [9.17, 15) is 40.7 Å². The maximum Gasteiger partial charge on any atom is 0.422 e. The summed E-state index contributed by atoms with van der Waals surface area (Å²) in [6, 6.07) is 0. The monoisotopic (exact) mass is 380 g/mol. The van der Waals surface area contributed by atoms with E-state index in [-0.39, 0.29) is 5.57 Å². The van der Waals surface area contributed by atoms with Crippen molar-refractivity contribution in [3.63, 3.8) is 0 Å². The second kappa shape index (κ2) is 9.28. The Hall–Kier alpha value is -2.27. The summed E-state index contributed by atoms with van der Waals surface area (Å²) >= 11 is 0. The first-order valence-corrected chi connectivity index (χ1v) is 6.52. The van der Waals surface area contributed by atoms with Crippen LogP contribution in [0.15, 0.2) is 12.2 Å². The van der Waals surface area contributed by atoms with Gasteiger partial charge in [-0.15, -0.1) is 0 Å². The molecule has 0 aliphatic carbocycles. The topological polar surface area (TPSA) is 78.9 Å². The number of rotatable bonds is 8. The molecule has 0 N–H and O–H groups in total. The Bertz CT molecular complexity index is 480. The molecule has 0 saturated heterocycles. The molecule has 0 aliphatic rings. The SMILES string of the molecule is C=C(C)C(=O)OCCC(C(=O)OCC(F)(F)F)C(=O)OCC(F)(F)F. The van der Waals surface area contributed by atoms with E-state index in [0.717, 1.165) is 0 Å². The van der Waals surface area contributed by atoms with Crippen molar-refractivity contribution < 1.29 is 54.9 Å². The van der Waals surface area contributed by atoms with Crippen molar-refractivity contribution in [1.29, 1.82) is 0 Å². The van der Waals surface area contributed by atoms with Crippen LogP contribution in [-0.2, 0) is 28.6 Å². The lowest BCUT2D eigenvalue weighted by molar-refractivity contribution is -0.199. The maximum atomic E-state index is 12.0. The zero-order valence-corrected chi connectivity index (χ0v) is 12.8. The van der Waals surface area contributed by atoms with Gasteiger partial charge in [0, 0.05) is 12.0 Å². The summed E-state index contributed by atoms with van der Waals surface area (Å²) in [6.07, 6.45) is -10.5. The molecule has 0 heterocycles. The average Bonchev–Trinajstić information content (AvgIpc) is 2.45. The molecular formula is C13H14F6O6. The van der Waals surface area contributed by atoms with Crippen LogP contribution in [0.3, 0.4) is 0 Å². The van der Waals surface area contributed by atoms with Crippen molar-refractivity contribution in [2.75, 3.05) is 19.8 Å². The summed E-state index contributed by atoms with van der Waals surface area (Å²) in [4.78, 5) is 34.1. The lowest BCUT2D eigenvalue weighted by atomic mass is 10.1.